The first-order chi connectivity index (χ1) is 48.5. The lowest BCUT2D eigenvalue weighted by Gasteiger charge is -2.05. The Labute approximate surface area is 584 Å². The fourth-order valence-electron chi connectivity index (χ4n) is 9.46. The van der Waals surface area contributed by atoms with Gasteiger partial charge in [-0.15, -0.1) is 45.3 Å². The van der Waals surface area contributed by atoms with Crippen LogP contribution in [0.25, 0.3) is 106 Å². The van der Waals surface area contributed by atoms with Crippen molar-refractivity contribution in [3.63, 3.8) is 0 Å². The van der Waals surface area contributed by atoms with Crippen molar-refractivity contribution in [1.29, 1.82) is 0 Å². The van der Waals surface area contributed by atoms with E-state index in [0.29, 0.717) is 17.0 Å². The number of fused-ring (bicyclic) bond motifs is 3. The fourth-order valence-corrected chi connectivity index (χ4v) is 13.2. The van der Waals surface area contributed by atoms with Crippen molar-refractivity contribution in [3.8, 4) is 76.1 Å². The second-order valence-corrected chi connectivity index (χ2v) is 25.3. The van der Waals surface area contributed by atoms with Crippen molar-refractivity contribution in [2.75, 3.05) is 0 Å². The van der Waals surface area contributed by atoms with E-state index in [4.69, 9.17) is 0 Å². The van der Waals surface area contributed by atoms with Crippen LogP contribution in [0.2, 0.25) is 0 Å². The lowest BCUT2D eigenvalue weighted by atomic mass is 10.1. The molecule has 0 radical (unpaired) electrons. The Morgan fingerprint density at radius 3 is 1.21 bits per heavy atom. The van der Waals surface area contributed by atoms with E-state index in [1.54, 1.807) is 76.7 Å². The topological polar surface area (TPSA) is 90.2 Å². The van der Waals surface area contributed by atoms with Crippen molar-refractivity contribution >= 4 is 75.7 Å². The summed E-state index contributed by atoms with van der Waals surface area (Å²) < 4.78 is 79.5. The lowest BCUT2D eigenvalue weighted by Crippen LogP contribution is -2.04. The second kappa shape index (κ2) is 35.0. The molecular weight excluding hydrogens is 1330 g/mol. The average Bonchev–Trinajstić information content (AvgIpc) is 1.73. The molecule has 0 aliphatic heterocycles. The summed E-state index contributed by atoms with van der Waals surface area (Å²) in [5, 5.41) is 5.52. The van der Waals surface area contributed by atoms with Crippen molar-refractivity contribution < 1.29 is 26.3 Å². The summed E-state index contributed by atoms with van der Waals surface area (Å²) >= 11 is 6.76. The molecule has 0 saturated carbocycles. The maximum absolute atomic E-state index is 13.3. The van der Waals surface area contributed by atoms with E-state index in [1.165, 1.54) is 71.8 Å². The highest BCUT2D eigenvalue weighted by molar-refractivity contribution is 7.22. The molecule has 7 nitrogen and oxygen atoms in total. The zero-order valence-electron chi connectivity index (χ0n) is 52.4. The van der Waals surface area contributed by atoms with Crippen molar-refractivity contribution in [3.05, 3.63) is 369 Å². The first-order valence-corrected chi connectivity index (χ1v) is 34.1. The van der Waals surface area contributed by atoms with Gasteiger partial charge in [0.15, 0.2) is 0 Å². The summed E-state index contributed by atoms with van der Waals surface area (Å²) in [7, 11) is 0. The second-order valence-electron chi connectivity index (χ2n) is 21.1. The standard InChI is InChI=1S/C14H8F3NS.2C13H9NS.C11H7F2N.C11H8FN.C11H9N.C9H7NS/c15-14(16,17)10-5-6-11(18-8-10)13-7-9-3-1-2-4-12(9)19-13;1-2-7-12-10(5-1)9-13(15-12)11-6-3-4-8-14-11;1-2-6-10(7-3-1)13-14-11-8-4-5-9-12(11)15-13;12-8-4-5-9(10(13)7-8)11-3-1-2-6-14-11;12-10-6-4-9(5-7-10)11-3-1-2-8-13-11;1-2-6-10(7-3-1)11-8-4-5-9-12-11;1-2-6-10-8(4-1)9-5-3-7-11-9/h1-8H;2*1-9H;1-7H;1-8H;1-9H;1-7H. The number of thiophene rings is 3. The van der Waals surface area contributed by atoms with Crippen LogP contribution >= 0.6 is 45.3 Å². The molecule has 0 fully saturated rings. The molecule has 10 heterocycles. The maximum atomic E-state index is 13.3. The van der Waals surface area contributed by atoms with Crippen molar-refractivity contribution in [2.45, 2.75) is 6.18 Å². The number of benzene rings is 7. The van der Waals surface area contributed by atoms with Crippen molar-refractivity contribution in [2.24, 2.45) is 0 Å². The predicted octanol–water partition coefficient (Wildman–Crippen LogP) is 24.4. The lowest BCUT2D eigenvalue weighted by molar-refractivity contribution is -0.137. The maximum Gasteiger partial charge on any atom is 0.417 e. The normalized spacial score (nSPS) is 10.5. The minimum absolute atomic E-state index is 0.223. The number of hydrogen-bond donors (Lipinski definition) is 0. The van der Waals surface area contributed by atoms with E-state index < -0.39 is 23.4 Å². The van der Waals surface area contributed by atoms with Crippen LogP contribution < -0.4 is 0 Å². The molecular formula is C82H57F6N7S4. The number of halogens is 6. The first-order valence-electron chi connectivity index (χ1n) is 30.8. The third-order valence-electron chi connectivity index (χ3n) is 14.3. The van der Waals surface area contributed by atoms with Crippen LogP contribution in [-0.4, -0.2) is 34.9 Å². The summed E-state index contributed by atoms with van der Waals surface area (Å²) in [5.74, 6) is -1.40. The van der Waals surface area contributed by atoms with Gasteiger partial charge in [-0.25, -0.2) is 18.2 Å². The molecule has 7 aromatic carbocycles. The number of rotatable bonds is 7. The highest BCUT2D eigenvalue weighted by Crippen LogP contribution is 2.36. The molecule has 0 aliphatic rings. The van der Waals surface area contributed by atoms with Gasteiger partial charge >= 0.3 is 6.18 Å². The van der Waals surface area contributed by atoms with E-state index in [9.17, 15) is 26.3 Å². The van der Waals surface area contributed by atoms with E-state index in [-0.39, 0.29) is 5.82 Å². The highest BCUT2D eigenvalue weighted by atomic mass is 32.1. The van der Waals surface area contributed by atoms with Crippen LogP contribution in [0, 0.1) is 17.5 Å². The van der Waals surface area contributed by atoms with Gasteiger partial charge in [-0.3, -0.25) is 29.9 Å². The molecule has 0 saturated heterocycles. The Kier molecular flexibility index (Phi) is 24.3. The number of thiazole rings is 1. The Morgan fingerprint density at radius 1 is 0.303 bits per heavy atom. The van der Waals surface area contributed by atoms with E-state index in [2.05, 4.69) is 119 Å². The van der Waals surface area contributed by atoms with Crippen LogP contribution in [0.5, 0.6) is 0 Å². The molecule has 0 aliphatic carbocycles. The molecule has 17 heteroatoms. The molecule has 0 N–H and O–H groups in total. The van der Waals surface area contributed by atoms with Gasteiger partial charge in [0.2, 0.25) is 0 Å². The van der Waals surface area contributed by atoms with Crippen LogP contribution in [0.3, 0.4) is 0 Å². The zero-order chi connectivity index (χ0) is 68.4. The third kappa shape index (κ3) is 20.1. The van der Waals surface area contributed by atoms with Crippen molar-refractivity contribution in [1.82, 2.24) is 34.9 Å². The Hall–Kier alpha value is -11.5. The summed E-state index contributed by atoms with van der Waals surface area (Å²) in [4.78, 5) is 32.8. The number of para-hydroxylation sites is 1. The number of alkyl halides is 3. The summed E-state index contributed by atoms with van der Waals surface area (Å²) in [5.41, 5.74) is 9.03. The van der Waals surface area contributed by atoms with Crippen LogP contribution in [-0.2, 0) is 6.18 Å². The monoisotopic (exact) mass is 1380 g/mol. The minimum atomic E-state index is -4.34. The molecule has 0 unspecified atom stereocenters. The van der Waals surface area contributed by atoms with Crippen LogP contribution in [0.1, 0.15) is 5.56 Å². The SMILES string of the molecule is FC(F)(F)c1ccc(-c2cc3ccccc3s2)nc1.Fc1ccc(-c2ccccn2)c(F)c1.Fc1ccc(-c2ccccn2)cc1.c1ccc(-c2cc3ccccc3s2)nc1.c1ccc(-c2ccccn2)cc1.c1ccc(-c2cccs2)nc1.c1ccc(-c2nc3ccccc3s2)cc1. The average molecular weight is 1380 g/mol. The Bertz CT molecular complexity index is 4950. The van der Waals surface area contributed by atoms with Gasteiger partial charge in [0.1, 0.15) is 22.5 Å². The predicted molar refractivity (Wildman–Crippen MR) is 397 cm³/mol. The van der Waals surface area contributed by atoms with Gasteiger partial charge in [-0.05, 0) is 168 Å². The minimum Gasteiger partial charge on any atom is -0.256 e. The Balaban J connectivity index is 0.000000117. The van der Waals surface area contributed by atoms with Gasteiger partial charge in [-0.1, -0.05) is 146 Å². The molecule has 17 aromatic rings. The largest absolute Gasteiger partial charge is 0.417 e. The molecule has 10 aromatic heterocycles. The van der Waals surface area contributed by atoms with E-state index >= 15 is 0 Å². The number of pyridine rings is 6. The van der Waals surface area contributed by atoms with Gasteiger partial charge in [0.25, 0.3) is 0 Å². The summed E-state index contributed by atoms with van der Waals surface area (Å²) in [6.07, 6.45) is 5.28. The number of aromatic nitrogens is 7. The molecule has 0 spiro atoms. The zero-order valence-corrected chi connectivity index (χ0v) is 55.7. The number of nitrogens with zero attached hydrogens (tertiary/aromatic N) is 7. The molecule has 0 bridgehead atoms. The van der Waals surface area contributed by atoms with Gasteiger partial charge in [0.05, 0.1) is 64.6 Å². The number of hydrogen-bond acceptors (Lipinski definition) is 11. The highest BCUT2D eigenvalue weighted by Gasteiger charge is 2.30. The summed E-state index contributed by atoms with van der Waals surface area (Å²) in [6.45, 7) is 0. The van der Waals surface area contributed by atoms with Crippen LogP contribution in [0.4, 0.5) is 26.3 Å². The Morgan fingerprint density at radius 2 is 0.747 bits per heavy atom. The van der Waals surface area contributed by atoms with Gasteiger partial charge < -0.3 is 0 Å². The fraction of sp³-hybridized carbons (Fsp3) is 0.0122. The third-order valence-corrected chi connectivity index (χ3v) is 18.5. The molecule has 0 atom stereocenters. The molecule has 17 rings (SSSR count). The smallest absolute Gasteiger partial charge is 0.256 e. The van der Waals surface area contributed by atoms with Gasteiger partial charge in [-0.2, -0.15) is 13.2 Å². The quantitative estimate of drug-likeness (QED) is 0.147. The first kappa shape index (κ1) is 68.9. The van der Waals surface area contributed by atoms with E-state index in [1.807, 2.05) is 170 Å². The molecule has 0 amide bonds. The molecule has 99 heavy (non-hydrogen) atoms. The van der Waals surface area contributed by atoms with Gasteiger partial charge in [0, 0.05) is 74.9 Å². The summed E-state index contributed by atoms with van der Waals surface area (Å²) in [6, 6.07) is 94.1. The van der Waals surface area contributed by atoms with Crippen LogP contribution in [0.15, 0.2) is 346 Å². The molecule has 486 valence electrons. The van der Waals surface area contributed by atoms with E-state index in [0.717, 1.165) is 77.7 Å².